The van der Waals surface area contributed by atoms with Crippen LogP contribution in [-0.4, -0.2) is 18.5 Å². The molecule has 0 radical (unpaired) electrons. The minimum atomic E-state index is -0.237. The van der Waals surface area contributed by atoms with Crippen molar-refractivity contribution >= 4 is 5.91 Å². The first kappa shape index (κ1) is 14.3. The SMILES string of the molecule is CCc1ccc(-c2ccc(C(=O)N[C@@H](C)CN)o2)cc1. The number of aryl methyl sites for hydroxylation is 1. The molecule has 0 aliphatic heterocycles. The molecule has 4 heteroatoms. The Morgan fingerprint density at radius 1 is 1.25 bits per heavy atom. The van der Waals surface area contributed by atoms with Gasteiger partial charge in [-0.05, 0) is 31.0 Å². The van der Waals surface area contributed by atoms with Gasteiger partial charge in [0.15, 0.2) is 5.76 Å². The molecular formula is C16H20N2O2. The van der Waals surface area contributed by atoms with Crippen LogP contribution in [0, 0.1) is 0 Å². The van der Waals surface area contributed by atoms with E-state index in [2.05, 4.69) is 24.4 Å². The summed E-state index contributed by atoms with van der Waals surface area (Å²) in [5.41, 5.74) is 7.72. The summed E-state index contributed by atoms with van der Waals surface area (Å²) < 4.78 is 5.60. The Hall–Kier alpha value is -2.07. The van der Waals surface area contributed by atoms with Crippen LogP contribution in [0.1, 0.15) is 30.0 Å². The molecule has 0 aliphatic carbocycles. The smallest absolute Gasteiger partial charge is 0.287 e. The number of amides is 1. The number of benzene rings is 1. The monoisotopic (exact) mass is 272 g/mol. The topological polar surface area (TPSA) is 68.3 Å². The number of nitrogens with one attached hydrogen (secondary N) is 1. The number of nitrogens with two attached hydrogens (primary N) is 1. The lowest BCUT2D eigenvalue weighted by atomic mass is 10.1. The molecule has 2 rings (SSSR count). The van der Waals surface area contributed by atoms with Gasteiger partial charge in [-0.1, -0.05) is 31.2 Å². The third-order valence-electron chi connectivity index (χ3n) is 3.21. The van der Waals surface area contributed by atoms with Gasteiger partial charge in [0.25, 0.3) is 5.91 Å². The highest BCUT2D eigenvalue weighted by molar-refractivity contribution is 5.92. The Morgan fingerprint density at radius 3 is 2.55 bits per heavy atom. The van der Waals surface area contributed by atoms with Crippen molar-refractivity contribution in [2.45, 2.75) is 26.3 Å². The Kier molecular flexibility index (Phi) is 4.58. The van der Waals surface area contributed by atoms with E-state index in [1.54, 1.807) is 6.07 Å². The maximum atomic E-state index is 11.9. The van der Waals surface area contributed by atoms with Gasteiger partial charge in [-0.25, -0.2) is 0 Å². The van der Waals surface area contributed by atoms with Crippen LogP contribution in [0.5, 0.6) is 0 Å². The van der Waals surface area contributed by atoms with Crippen molar-refractivity contribution < 1.29 is 9.21 Å². The third kappa shape index (κ3) is 3.27. The summed E-state index contributed by atoms with van der Waals surface area (Å²) in [7, 11) is 0. The highest BCUT2D eigenvalue weighted by Gasteiger charge is 2.13. The summed E-state index contributed by atoms with van der Waals surface area (Å²) in [6, 6.07) is 11.6. The number of furan rings is 1. The number of carbonyl (C=O) groups excluding carboxylic acids is 1. The molecule has 0 saturated heterocycles. The lowest BCUT2D eigenvalue weighted by molar-refractivity contribution is 0.0914. The largest absolute Gasteiger partial charge is 0.451 e. The van der Waals surface area contributed by atoms with Gasteiger partial charge in [-0.3, -0.25) is 4.79 Å². The maximum Gasteiger partial charge on any atom is 0.287 e. The molecule has 0 aliphatic rings. The van der Waals surface area contributed by atoms with Gasteiger partial charge >= 0.3 is 0 Å². The molecule has 2 aromatic rings. The molecule has 1 heterocycles. The highest BCUT2D eigenvalue weighted by Crippen LogP contribution is 2.22. The molecule has 0 spiro atoms. The second kappa shape index (κ2) is 6.39. The second-order valence-corrected chi connectivity index (χ2v) is 4.82. The van der Waals surface area contributed by atoms with Crippen LogP contribution in [-0.2, 0) is 6.42 Å². The summed E-state index contributed by atoms with van der Waals surface area (Å²) in [6.07, 6.45) is 1.00. The van der Waals surface area contributed by atoms with Gasteiger partial charge in [0.1, 0.15) is 5.76 Å². The van der Waals surface area contributed by atoms with E-state index < -0.39 is 0 Å². The van der Waals surface area contributed by atoms with Gasteiger partial charge in [0, 0.05) is 18.2 Å². The van der Waals surface area contributed by atoms with Gasteiger partial charge < -0.3 is 15.5 Å². The zero-order valence-corrected chi connectivity index (χ0v) is 11.8. The minimum Gasteiger partial charge on any atom is -0.451 e. The molecule has 1 amide bonds. The first-order chi connectivity index (χ1) is 9.63. The van der Waals surface area contributed by atoms with Crippen molar-refractivity contribution in [1.29, 1.82) is 0 Å². The Labute approximate surface area is 119 Å². The molecule has 1 aromatic heterocycles. The van der Waals surface area contributed by atoms with Gasteiger partial charge in [-0.2, -0.15) is 0 Å². The Balaban J connectivity index is 2.13. The molecule has 0 saturated carbocycles. The number of carbonyl (C=O) groups is 1. The van der Waals surface area contributed by atoms with E-state index in [0.717, 1.165) is 12.0 Å². The van der Waals surface area contributed by atoms with Crippen molar-refractivity contribution in [1.82, 2.24) is 5.32 Å². The molecule has 4 nitrogen and oxygen atoms in total. The highest BCUT2D eigenvalue weighted by atomic mass is 16.3. The quantitative estimate of drug-likeness (QED) is 0.879. The van der Waals surface area contributed by atoms with Crippen LogP contribution >= 0.6 is 0 Å². The van der Waals surface area contributed by atoms with Crippen molar-refractivity contribution in [3.63, 3.8) is 0 Å². The molecule has 1 aromatic carbocycles. The van der Waals surface area contributed by atoms with Crippen molar-refractivity contribution in [3.8, 4) is 11.3 Å². The van der Waals surface area contributed by atoms with E-state index in [0.29, 0.717) is 18.1 Å². The predicted octanol–water partition coefficient (Wildman–Crippen LogP) is 2.59. The average Bonchev–Trinajstić information content (AvgIpc) is 2.97. The molecular weight excluding hydrogens is 252 g/mol. The lowest BCUT2D eigenvalue weighted by Gasteiger charge is -2.09. The molecule has 106 valence electrons. The zero-order valence-electron chi connectivity index (χ0n) is 11.8. The van der Waals surface area contributed by atoms with Crippen LogP contribution in [0.25, 0.3) is 11.3 Å². The van der Waals surface area contributed by atoms with Crippen LogP contribution < -0.4 is 11.1 Å². The molecule has 3 N–H and O–H groups in total. The third-order valence-corrected chi connectivity index (χ3v) is 3.21. The standard InChI is InChI=1S/C16H20N2O2/c1-3-12-4-6-13(7-5-12)14-8-9-15(20-14)16(19)18-11(2)10-17/h4-9,11H,3,10,17H2,1-2H3,(H,18,19)/t11-/m0/s1. The van der Waals surface area contributed by atoms with E-state index >= 15 is 0 Å². The van der Waals surface area contributed by atoms with E-state index in [1.165, 1.54) is 5.56 Å². The Bertz CT molecular complexity index is 572. The summed E-state index contributed by atoms with van der Waals surface area (Å²) in [4.78, 5) is 11.9. The summed E-state index contributed by atoms with van der Waals surface area (Å²) in [6.45, 7) is 4.37. The van der Waals surface area contributed by atoms with Crippen molar-refractivity contribution in [2.75, 3.05) is 6.54 Å². The Morgan fingerprint density at radius 2 is 1.95 bits per heavy atom. The van der Waals surface area contributed by atoms with Crippen LogP contribution in [0.15, 0.2) is 40.8 Å². The molecule has 1 atom stereocenters. The predicted molar refractivity (Wildman–Crippen MR) is 79.5 cm³/mol. The van der Waals surface area contributed by atoms with Gasteiger partial charge in [0.05, 0.1) is 0 Å². The number of hydrogen-bond acceptors (Lipinski definition) is 3. The fraction of sp³-hybridized carbons (Fsp3) is 0.312. The van der Waals surface area contributed by atoms with Crippen molar-refractivity contribution in [2.24, 2.45) is 5.73 Å². The van der Waals surface area contributed by atoms with Crippen molar-refractivity contribution in [3.05, 3.63) is 47.7 Å². The normalized spacial score (nSPS) is 12.2. The summed E-state index contributed by atoms with van der Waals surface area (Å²) in [5, 5.41) is 2.77. The van der Waals surface area contributed by atoms with Gasteiger partial charge in [-0.15, -0.1) is 0 Å². The van der Waals surface area contributed by atoms with E-state index in [4.69, 9.17) is 10.2 Å². The zero-order chi connectivity index (χ0) is 14.5. The first-order valence-corrected chi connectivity index (χ1v) is 6.84. The fourth-order valence-corrected chi connectivity index (χ4v) is 1.87. The van der Waals surface area contributed by atoms with Crippen LogP contribution in [0.2, 0.25) is 0 Å². The van der Waals surface area contributed by atoms with Crippen LogP contribution in [0.3, 0.4) is 0 Å². The second-order valence-electron chi connectivity index (χ2n) is 4.82. The fourth-order valence-electron chi connectivity index (χ4n) is 1.87. The van der Waals surface area contributed by atoms with Gasteiger partial charge in [0.2, 0.25) is 0 Å². The maximum absolute atomic E-state index is 11.9. The molecule has 0 bridgehead atoms. The van der Waals surface area contributed by atoms with Crippen LogP contribution in [0.4, 0.5) is 0 Å². The molecule has 20 heavy (non-hydrogen) atoms. The van der Waals surface area contributed by atoms with E-state index in [1.807, 2.05) is 25.1 Å². The molecule has 0 fully saturated rings. The first-order valence-electron chi connectivity index (χ1n) is 6.84. The summed E-state index contributed by atoms with van der Waals surface area (Å²) >= 11 is 0. The number of rotatable bonds is 5. The number of hydrogen-bond donors (Lipinski definition) is 2. The summed E-state index contributed by atoms with van der Waals surface area (Å²) in [5.74, 6) is 0.762. The lowest BCUT2D eigenvalue weighted by Crippen LogP contribution is -2.37. The van der Waals surface area contributed by atoms with E-state index in [9.17, 15) is 4.79 Å². The van der Waals surface area contributed by atoms with E-state index in [-0.39, 0.29) is 11.9 Å². The minimum absolute atomic E-state index is 0.0695. The molecule has 0 unspecified atom stereocenters. The average molecular weight is 272 g/mol.